The SMILES string of the molecule is O=C(OCc1ccccc1)C1(C(=O)OCc2ccccc2)C(N=c2c(=O)c3cc4ccccc4cc3c2=O)=Cc2sc3c(sc4c5c(sc43)C=C(N=c3c(=O)c4cc6ccccc6cc4c3=O)C5(C(=O)OCc3ccccc3)C(=O)OCc3ccccc3)c21. The number of nitrogens with zero attached hydrogens (tertiary/aromatic N) is 2. The van der Waals surface area contributed by atoms with Gasteiger partial charge in [-0.3, -0.25) is 38.4 Å². The van der Waals surface area contributed by atoms with Crippen LogP contribution in [0.4, 0.5) is 0 Å². The predicted molar refractivity (Wildman–Crippen MR) is 343 cm³/mol. The Labute approximate surface area is 514 Å². The molecule has 17 heteroatoms. The summed E-state index contributed by atoms with van der Waals surface area (Å²) in [7, 11) is 0. The zero-order valence-corrected chi connectivity index (χ0v) is 48.9. The summed E-state index contributed by atoms with van der Waals surface area (Å²) >= 11 is 3.39. The van der Waals surface area contributed by atoms with Gasteiger partial charge in [0.05, 0.1) is 30.2 Å². The van der Waals surface area contributed by atoms with E-state index >= 15 is 19.2 Å². The molecule has 0 saturated carbocycles. The molecule has 0 saturated heterocycles. The highest BCUT2D eigenvalue weighted by atomic mass is 32.1. The minimum absolute atomic E-state index is 0.0684. The highest BCUT2D eigenvalue weighted by Crippen LogP contribution is 2.60. The van der Waals surface area contributed by atoms with Gasteiger partial charge in [0.1, 0.15) is 26.4 Å². The third kappa shape index (κ3) is 8.78. The van der Waals surface area contributed by atoms with Crippen LogP contribution in [0.5, 0.6) is 0 Å². The highest BCUT2D eigenvalue weighted by Gasteiger charge is 2.62. The van der Waals surface area contributed by atoms with Crippen molar-refractivity contribution in [2.45, 2.75) is 37.3 Å². The van der Waals surface area contributed by atoms with Crippen LogP contribution < -0.4 is 32.4 Å². The fraction of sp³-hybridized carbons (Fsp3) is 0.0833. The number of benzene rings is 8. The average molecular weight is 1220 g/mol. The Balaban J connectivity index is 0.975. The van der Waals surface area contributed by atoms with E-state index in [1.165, 1.54) is 34.8 Å². The molecule has 14 nitrogen and oxygen atoms in total. The van der Waals surface area contributed by atoms with Crippen LogP contribution in [0.25, 0.3) is 74.0 Å². The van der Waals surface area contributed by atoms with Gasteiger partial charge in [0, 0.05) is 42.4 Å². The Kier molecular flexibility index (Phi) is 13.3. The maximum absolute atomic E-state index is 15.8. The van der Waals surface area contributed by atoms with E-state index in [4.69, 9.17) is 28.9 Å². The molecular weight excluding hydrogens is 1180 g/mol. The number of ether oxygens (including phenoxy) is 4. The molecule has 89 heavy (non-hydrogen) atoms. The van der Waals surface area contributed by atoms with E-state index in [1.807, 2.05) is 48.5 Å². The standard InChI is InChI=1S/C72H42N2O12S3/c75-59-47-29-43-25-13-14-26-44(43)30-48(47)60(76)57(59)73-53-33-51-55(71(53,67(79)83-35-39-17-5-1-6-18-39)68(80)84-36-40-19-7-2-8-20-40)63-65(87-51)66-64(89-63)56-52(88-66)34-54(74-58-61(77)49-31-45-27-15-16-28-46(45)32-50(49)62(58)78)72(56,69(81)85-37-41-21-9-3-10-22-41)70(82)86-38-42-23-11-4-12-24-42/h1-34H,35-38H2. The Morgan fingerprint density at radius 3 is 0.865 bits per heavy atom. The van der Waals surface area contributed by atoms with Crippen molar-refractivity contribution in [3.05, 3.63) is 300 Å². The second kappa shape index (κ2) is 21.6. The Morgan fingerprint density at radius 1 is 0.337 bits per heavy atom. The number of hydrogen-bond donors (Lipinski definition) is 0. The first-order valence-corrected chi connectivity index (χ1v) is 30.6. The van der Waals surface area contributed by atoms with Gasteiger partial charge in [-0.25, -0.2) is 9.98 Å². The number of esters is 4. The quantitative estimate of drug-likeness (QED) is 0.0568. The van der Waals surface area contributed by atoms with E-state index in [2.05, 4.69) is 0 Å². The third-order valence-corrected chi connectivity index (χ3v) is 20.3. The summed E-state index contributed by atoms with van der Waals surface area (Å²) in [6.45, 7) is -1.26. The maximum atomic E-state index is 15.8. The number of carbonyl (C=O) groups excluding carboxylic acids is 4. The lowest BCUT2D eigenvalue weighted by atomic mass is 9.80. The zero-order chi connectivity index (χ0) is 60.7. The average Bonchev–Trinajstić information content (AvgIpc) is 1.52. The first-order valence-electron chi connectivity index (χ1n) is 28.1. The van der Waals surface area contributed by atoms with Gasteiger partial charge in [0.2, 0.25) is 32.5 Å². The molecular formula is C72H42N2O12S3. The van der Waals surface area contributed by atoms with Crippen LogP contribution in [-0.2, 0) is 75.4 Å². The molecule has 0 unspecified atom stereocenters. The Bertz CT molecular complexity index is 4980. The Hall–Kier alpha value is -10.7. The van der Waals surface area contributed by atoms with Crippen molar-refractivity contribution in [1.29, 1.82) is 0 Å². The maximum Gasteiger partial charge on any atom is 0.334 e. The summed E-state index contributed by atoms with van der Waals surface area (Å²) in [5, 5.41) is 2.18. The fourth-order valence-electron chi connectivity index (χ4n) is 12.0. The van der Waals surface area contributed by atoms with Crippen LogP contribution >= 0.6 is 34.0 Å². The summed E-state index contributed by atoms with van der Waals surface area (Å²) in [5.74, 6) is -4.50. The molecule has 0 amide bonds. The molecule has 10 aromatic carbocycles. The van der Waals surface area contributed by atoms with E-state index in [0.29, 0.717) is 72.4 Å². The first-order chi connectivity index (χ1) is 43.4. The summed E-state index contributed by atoms with van der Waals surface area (Å²) in [6.07, 6.45) is 2.99. The molecule has 0 spiro atoms. The van der Waals surface area contributed by atoms with Gasteiger partial charge >= 0.3 is 23.9 Å². The largest absolute Gasteiger partial charge is 0.459 e. The second-order valence-electron chi connectivity index (χ2n) is 21.6. The molecule has 15 rings (SSSR count). The van der Waals surface area contributed by atoms with Gasteiger partial charge in [0.25, 0.3) is 0 Å². The van der Waals surface area contributed by atoms with Gasteiger partial charge in [0.15, 0.2) is 10.7 Å². The van der Waals surface area contributed by atoms with Crippen LogP contribution in [-0.4, -0.2) is 23.9 Å². The van der Waals surface area contributed by atoms with Crippen LogP contribution in [0, 0.1) is 0 Å². The molecule has 0 radical (unpaired) electrons. The van der Waals surface area contributed by atoms with Crippen molar-refractivity contribution in [2.24, 2.45) is 9.98 Å². The molecule has 0 N–H and O–H groups in total. The molecule has 0 fully saturated rings. The number of fused-ring (bicyclic) bond motifs is 11. The second-order valence-corrected chi connectivity index (χ2v) is 24.8. The van der Waals surface area contributed by atoms with Gasteiger partial charge in [-0.1, -0.05) is 170 Å². The topological polar surface area (TPSA) is 198 Å². The van der Waals surface area contributed by atoms with E-state index in [-0.39, 0.29) is 70.5 Å². The summed E-state index contributed by atoms with van der Waals surface area (Å²) in [5.41, 5.74) is -6.28. The van der Waals surface area contributed by atoms with E-state index < -0.39 is 67.1 Å². The predicted octanol–water partition coefficient (Wildman–Crippen LogP) is 11.3. The van der Waals surface area contributed by atoms with Crippen molar-refractivity contribution in [3.63, 3.8) is 0 Å². The summed E-state index contributed by atoms with van der Waals surface area (Å²) in [4.78, 5) is 132. The lowest BCUT2D eigenvalue weighted by molar-refractivity contribution is -0.166. The first kappa shape index (κ1) is 54.9. The highest BCUT2D eigenvalue weighted by molar-refractivity contribution is 7.39. The van der Waals surface area contributed by atoms with E-state index in [0.717, 1.165) is 11.3 Å². The number of carbonyl (C=O) groups is 4. The molecule has 0 bridgehead atoms. The number of thiophene rings is 3. The number of hydrogen-bond acceptors (Lipinski definition) is 17. The van der Waals surface area contributed by atoms with Crippen LogP contribution in [0.3, 0.4) is 0 Å². The van der Waals surface area contributed by atoms with Crippen molar-refractivity contribution in [2.75, 3.05) is 0 Å². The van der Waals surface area contributed by atoms with Gasteiger partial charge in [-0.05, 0) is 80.2 Å². The van der Waals surface area contributed by atoms with E-state index in [1.54, 1.807) is 146 Å². The number of rotatable bonds is 14. The zero-order valence-electron chi connectivity index (χ0n) is 46.5. The fourth-order valence-corrected chi connectivity index (χ4v) is 16.6. The monoisotopic (exact) mass is 1220 g/mol. The minimum Gasteiger partial charge on any atom is -0.459 e. The normalized spacial score (nSPS) is 13.8. The van der Waals surface area contributed by atoms with Gasteiger partial charge < -0.3 is 18.9 Å². The summed E-state index contributed by atoms with van der Waals surface area (Å²) < 4.78 is 26.5. The lowest BCUT2D eigenvalue weighted by Crippen LogP contribution is -2.47. The molecule has 3 aromatic heterocycles. The lowest BCUT2D eigenvalue weighted by Gasteiger charge is -2.27. The molecule has 0 aliphatic heterocycles. The summed E-state index contributed by atoms with van der Waals surface area (Å²) in [6, 6.07) is 56.2. The van der Waals surface area contributed by atoms with Crippen molar-refractivity contribution >= 4 is 132 Å². The molecule has 2 aliphatic carbocycles. The van der Waals surface area contributed by atoms with E-state index in [9.17, 15) is 19.2 Å². The van der Waals surface area contributed by atoms with Crippen molar-refractivity contribution in [3.8, 4) is 0 Å². The van der Waals surface area contributed by atoms with Gasteiger partial charge in [-0.15, -0.1) is 34.0 Å². The Morgan fingerprint density at radius 2 is 0.596 bits per heavy atom. The molecule has 0 atom stereocenters. The molecule has 13 aromatic rings. The minimum atomic E-state index is -2.63. The molecule has 2 aliphatic rings. The molecule has 3 heterocycles. The molecule has 430 valence electrons. The van der Waals surface area contributed by atoms with Crippen LogP contribution in [0.15, 0.2) is 235 Å². The van der Waals surface area contributed by atoms with Crippen molar-refractivity contribution < 1.29 is 38.1 Å². The van der Waals surface area contributed by atoms with Crippen molar-refractivity contribution in [1.82, 2.24) is 0 Å². The van der Waals surface area contributed by atoms with Crippen LogP contribution in [0.2, 0.25) is 0 Å². The smallest absolute Gasteiger partial charge is 0.334 e. The van der Waals surface area contributed by atoms with Crippen LogP contribution in [0.1, 0.15) is 43.1 Å². The third-order valence-electron chi connectivity index (χ3n) is 16.4. The van der Waals surface area contributed by atoms with Gasteiger partial charge in [-0.2, -0.15) is 0 Å².